The van der Waals surface area contributed by atoms with Crippen molar-refractivity contribution in [2.75, 3.05) is 18.4 Å². The van der Waals surface area contributed by atoms with Crippen molar-refractivity contribution in [1.82, 2.24) is 20.1 Å². The normalized spacial score (nSPS) is 18.3. The summed E-state index contributed by atoms with van der Waals surface area (Å²) in [5.41, 5.74) is 0.626. The fourth-order valence-electron chi connectivity index (χ4n) is 2.57. The number of H-pyrrole nitrogens is 1. The molecule has 2 N–H and O–H groups in total. The molecule has 0 bridgehead atoms. The number of aromatic nitrogens is 3. The van der Waals surface area contributed by atoms with E-state index in [4.69, 9.17) is 23.2 Å². The number of amides is 2. The largest absolute Gasteiger partial charge is 0.324 e. The lowest BCUT2D eigenvalue weighted by Crippen LogP contribution is -2.41. The molecule has 1 fully saturated rings. The van der Waals surface area contributed by atoms with Gasteiger partial charge in [-0.3, -0.25) is 5.10 Å². The highest BCUT2D eigenvalue weighted by Gasteiger charge is 2.26. The van der Waals surface area contributed by atoms with Crippen molar-refractivity contribution in [1.29, 1.82) is 0 Å². The number of nitrogens with one attached hydrogen (secondary N) is 2. The SMILES string of the molecule is O=C(Nc1ccc(Cl)c(Cl)c1)N1CCCC(c2ncn[nH]2)C1. The molecule has 116 valence electrons. The number of urea groups is 1. The van der Waals surface area contributed by atoms with E-state index in [1.165, 1.54) is 6.33 Å². The summed E-state index contributed by atoms with van der Waals surface area (Å²) in [4.78, 5) is 18.3. The number of likely N-dealkylation sites (tertiary alicyclic amines) is 1. The topological polar surface area (TPSA) is 73.9 Å². The Bertz CT molecular complexity index is 661. The third-order valence-corrected chi connectivity index (χ3v) is 4.44. The first kappa shape index (κ1) is 15.1. The van der Waals surface area contributed by atoms with Crippen molar-refractivity contribution in [2.45, 2.75) is 18.8 Å². The number of hydrogen-bond acceptors (Lipinski definition) is 3. The predicted molar refractivity (Wildman–Crippen MR) is 85.4 cm³/mol. The highest BCUT2D eigenvalue weighted by Crippen LogP contribution is 2.27. The second-order valence-corrected chi connectivity index (χ2v) is 6.03. The molecular formula is C14H15Cl2N5O. The second kappa shape index (κ2) is 6.54. The van der Waals surface area contributed by atoms with Crippen LogP contribution in [0.4, 0.5) is 10.5 Å². The Morgan fingerprint density at radius 1 is 1.36 bits per heavy atom. The summed E-state index contributed by atoms with van der Waals surface area (Å²) in [6.07, 6.45) is 3.41. The van der Waals surface area contributed by atoms with Gasteiger partial charge in [-0.2, -0.15) is 5.10 Å². The van der Waals surface area contributed by atoms with E-state index in [2.05, 4.69) is 20.5 Å². The Morgan fingerprint density at radius 2 is 2.23 bits per heavy atom. The summed E-state index contributed by atoms with van der Waals surface area (Å²) < 4.78 is 0. The smallest absolute Gasteiger partial charge is 0.321 e. The number of halogens is 2. The number of carbonyl (C=O) groups is 1. The first-order valence-electron chi connectivity index (χ1n) is 6.99. The van der Waals surface area contributed by atoms with Crippen LogP contribution < -0.4 is 5.32 Å². The molecule has 2 amide bonds. The maximum atomic E-state index is 12.4. The average molecular weight is 340 g/mol. The third-order valence-electron chi connectivity index (χ3n) is 3.70. The van der Waals surface area contributed by atoms with Crippen molar-refractivity contribution in [3.05, 3.63) is 40.4 Å². The fourth-order valence-corrected chi connectivity index (χ4v) is 2.87. The number of nitrogens with zero attached hydrogens (tertiary/aromatic N) is 3. The van der Waals surface area contributed by atoms with E-state index in [0.29, 0.717) is 22.3 Å². The number of aromatic amines is 1. The molecule has 22 heavy (non-hydrogen) atoms. The average Bonchev–Trinajstić information content (AvgIpc) is 3.05. The quantitative estimate of drug-likeness (QED) is 0.878. The van der Waals surface area contributed by atoms with E-state index in [0.717, 1.165) is 25.2 Å². The Morgan fingerprint density at radius 3 is 2.95 bits per heavy atom. The predicted octanol–water partition coefficient (Wildman–Crippen LogP) is 3.52. The summed E-state index contributed by atoms with van der Waals surface area (Å²) in [5.74, 6) is 1.02. The van der Waals surface area contributed by atoms with Crippen LogP contribution in [-0.2, 0) is 0 Å². The third kappa shape index (κ3) is 3.34. The molecule has 1 saturated heterocycles. The molecule has 1 aromatic heterocycles. The minimum atomic E-state index is -0.150. The molecule has 1 unspecified atom stereocenters. The monoisotopic (exact) mass is 339 g/mol. The van der Waals surface area contributed by atoms with Crippen molar-refractivity contribution in [3.63, 3.8) is 0 Å². The minimum absolute atomic E-state index is 0.150. The van der Waals surface area contributed by atoms with Crippen LogP contribution in [0.3, 0.4) is 0 Å². The van der Waals surface area contributed by atoms with Crippen LogP contribution in [0.2, 0.25) is 10.0 Å². The summed E-state index contributed by atoms with van der Waals surface area (Å²) >= 11 is 11.8. The summed E-state index contributed by atoms with van der Waals surface area (Å²) in [5, 5.41) is 10.5. The summed E-state index contributed by atoms with van der Waals surface area (Å²) in [6, 6.07) is 4.87. The summed E-state index contributed by atoms with van der Waals surface area (Å²) in [6.45, 7) is 1.33. The minimum Gasteiger partial charge on any atom is -0.324 e. The van der Waals surface area contributed by atoms with Crippen LogP contribution in [0.1, 0.15) is 24.6 Å². The first-order valence-corrected chi connectivity index (χ1v) is 7.75. The van der Waals surface area contributed by atoms with Crippen LogP contribution in [0.5, 0.6) is 0 Å². The zero-order valence-corrected chi connectivity index (χ0v) is 13.2. The molecule has 3 rings (SSSR count). The Kier molecular flexibility index (Phi) is 4.49. The Labute approximate surface area is 137 Å². The van der Waals surface area contributed by atoms with E-state index in [1.807, 2.05) is 0 Å². The Hall–Kier alpha value is -1.79. The highest BCUT2D eigenvalue weighted by atomic mass is 35.5. The van der Waals surface area contributed by atoms with Crippen molar-refractivity contribution < 1.29 is 4.79 Å². The number of rotatable bonds is 2. The lowest BCUT2D eigenvalue weighted by atomic mass is 9.98. The first-order chi connectivity index (χ1) is 10.6. The number of hydrogen-bond donors (Lipinski definition) is 2. The summed E-state index contributed by atoms with van der Waals surface area (Å²) in [7, 11) is 0. The van der Waals surface area contributed by atoms with Gasteiger partial charge in [0.05, 0.1) is 10.0 Å². The molecule has 1 aromatic carbocycles. The van der Waals surface area contributed by atoms with Gasteiger partial charge in [-0.1, -0.05) is 23.2 Å². The van der Waals surface area contributed by atoms with Gasteiger partial charge in [0.2, 0.25) is 0 Å². The van der Waals surface area contributed by atoms with E-state index in [-0.39, 0.29) is 11.9 Å². The molecule has 0 spiro atoms. The van der Waals surface area contributed by atoms with Crippen LogP contribution in [0.15, 0.2) is 24.5 Å². The molecule has 0 aliphatic carbocycles. The zero-order valence-electron chi connectivity index (χ0n) is 11.7. The molecule has 2 heterocycles. The van der Waals surface area contributed by atoms with Crippen molar-refractivity contribution >= 4 is 34.9 Å². The van der Waals surface area contributed by atoms with Gasteiger partial charge in [0.1, 0.15) is 12.2 Å². The lowest BCUT2D eigenvalue weighted by molar-refractivity contribution is 0.191. The van der Waals surface area contributed by atoms with Gasteiger partial charge < -0.3 is 10.2 Å². The number of benzene rings is 1. The number of anilines is 1. The lowest BCUT2D eigenvalue weighted by Gasteiger charge is -2.31. The molecular weight excluding hydrogens is 325 g/mol. The molecule has 0 radical (unpaired) electrons. The number of piperidine rings is 1. The van der Waals surface area contributed by atoms with E-state index in [9.17, 15) is 4.79 Å². The molecule has 6 nitrogen and oxygen atoms in total. The van der Waals surface area contributed by atoms with Gasteiger partial charge in [-0.15, -0.1) is 0 Å². The van der Waals surface area contributed by atoms with Gasteiger partial charge in [0.25, 0.3) is 0 Å². The number of carbonyl (C=O) groups excluding carboxylic acids is 1. The fraction of sp³-hybridized carbons (Fsp3) is 0.357. The van der Waals surface area contributed by atoms with Gasteiger partial charge in [0, 0.05) is 24.7 Å². The highest BCUT2D eigenvalue weighted by molar-refractivity contribution is 6.42. The van der Waals surface area contributed by atoms with Crippen LogP contribution in [-0.4, -0.2) is 39.2 Å². The zero-order chi connectivity index (χ0) is 15.5. The van der Waals surface area contributed by atoms with Crippen molar-refractivity contribution in [2.24, 2.45) is 0 Å². The molecule has 1 atom stereocenters. The molecule has 8 heteroatoms. The van der Waals surface area contributed by atoms with Gasteiger partial charge in [0.15, 0.2) is 0 Å². The Balaban J connectivity index is 1.65. The molecule has 0 saturated carbocycles. The van der Waals surface area contributed by atoms with E-state index >= 15 is 0 Å². The van der Waals surface area contributed by atoms with Crippen LogP contribution >= 0.6 is 23.2 Å². The van der Waals surface area contributed by atoms with Crippen molar-refractivity contribution in [3.8, 4) is 0 Å². The van der Waals surface area contributed by atoms with Crippen LogP contribution in [0.25, 0.3) is 0 Å². The van der Waals surface area contributed by atoms with Gasteiger partial charge in [-0.05, 0) is 31.0 Å². The van der Waals surface area contributed by atoms with E-state index < -0.39 is 0 Å². The van der Waals surface area contributed by atoms with E-state index in [1.54, 1.807) is 23.1 Å². The second-order valence-electron chi connectivity index (χ2n) is 5.21. The molecule has 2 aromatic rings. The standard InChI is InChI=1S/C14H15Cl2N5O/c15-11-4-3-10(6-12(11)16)19-14(22)21-5-1-2-9(7-21)13-17-8-18-20-13/h3-4,6,8-9H,1-2,5,7H2,(H,19,22)(H,17,18,20). The molecule has 1 aliphatic rings. The maximum absolute atomic E-state index is 12.4. The van der Waals surface area contributed by atoms with Crippen LogP contribution in [0, 0.1) is 0 Å². The van der Waals surface area contributed by atoms with Gasteiger partial charge in [-0.25, -0.2) is 9.78 Å². The molecule has 1 aliphatic heterocycles. The van der Waals surface area contributed by atoms with Gasteiger partial charge >= 0.3 is 6.03 Å². The maximum Gasteiger partial charge on any atom is 0.321 e.